The maximum atomic E-state index is 10.8. The first kappa shape index (κ1) is 19.2. The Labute approximate surface area is 173 Å². The number of thiophene rings is 1. The van der Waals surface area contributed by atoms with Gasteiger partial charge in [-0.2, -0.15) is 0 Å². The molecule has 0 atom stereocenters. The molecule has 2 heterocycles. The molecule has 0 fully saturated rings. The summed E-state index contributed by atoms with van der Waals surface area (Å²) < 4.78 is 5.23. The summed E-state index contributed by atoms with van der Waals surface area (Å²) in [5.74, 6) is 2.24. The second-order valence-electron chi connectivity index (χ2n) is 6.91. The summed E-state index contributed by atoms with van der Waals surface area (Å²) in [6, 6.07) is 5.77. The Balaban J connectivity index is 1.68. The summed E-state index contributed by atoms with van der Waals surface area (Å²) in [6.07, 6.45) is 6.55. The van der Waals surface area contributed by atoms with Gasteiger partial charge in [0.15, 0.2) is 0 Å². The molecule has 0 saturated carbocycles. The number of ether oxygens (including phenoxy) is 1. The fraction of sp³-hybridized carbons (Fsp3) is 0.381. The Bertz CT molecular complexity index is 1020. The number of hydrogen-bond donors (Lipinski definition) is 1. The zero-order chi connectivity index (χ0) is 19.5. The second kappa shape index (κ2) is 8.45. The summed E-state index contributed by atoms with van der Waals surface area (Å²) in [5.41, 5.74) is 2.44. The molecule has 1 aliphatic rings. The van der Waals surface area contributed by atoms with Crippen molar-refractivity contribution in [2.45, 2.75) is 45.1 Å². The Hall–Kier alpha value is -2.18. The van der Waals surface area contributed by atoms with Crippen molar-refractivity contribution >= 4 is 45.3 Å². The number of halogens is 1. The van der Waals surface area contributed by atoms with Crippen LogP contribution in [0.25, 0.3) is 10.2 Å². The van der Waals surface area contributed by atoms with Crippen LogP contribution >= 0.6 is 22.9 Å². The Kier molecular flexibility index (Phi) is 5.78. The molecular formula is C21H22ClN3O2S. The predicted molar refractivity (Wildman–Crippen MR) is 114 cm³/mol. The van der Waals surface area contributed by atoms with Crippen molar-refractivity contribution in [3.63, 3.8) is 0 Å². The van der Waals surface area contributed by atoms with Crippen molar-refractivity contribution in [1.82, 2.24) is 9.97 Å². The molecule has 3 aromatic rings. The molecule has 1 aliphatic carbocycles. The van der Waals surface area contributed by atoms with Gasteiger partial charge in [0.2, 0.25) is 0 Å². The van der Waals surface area contributed by atoms with Gasteiger partial charge in [-0.25, -0.2) is 9.97 Å². The molecule has 0 aliphatic heterocycles. The van der Waals surface area contributed by atoms with E-state index in [1.807, 2.05) is 18.2 Å². The molecule has 7 heteroatoms. The molecule has 146 valence electrons. The third kappa shape index (κ3) is 3.84. The lowest BCUT2D eigenvalue weighted by atomic mass is 9.97. The number of rotatable bonds is 7. The van der Waals surface area contributed by atoms with Crippen LogP contribution in [0.4, 0.5) is 5.82 Å². The molecule has 4 rings (SSSR count). The molecule has 0 unspecified atom stereocenters. The van der Waals surface area contributed by atoms with Crippen molar-refractivity contribution in [3.05, 3.63) is 45.1 Å². The van der Waals surface area contributed by atoms with Gasteiger partial charge in [-0.05, 0) is 48.9 Å². The van der Waals surface area contributed by atoms with Gasteiger partial charge in [-0.15, -0.1) is 11.3 Å². The highest BCUT2D eigenvalue weighted by molar-refractivity contribution is 7.19. The molecule has 2 aromatic heterocycles. The number of aldehydes is 1. The number of nitrogens with one attached hydrogen (secondary N) is 1. The predicted octanol–water partition coefficient (Wildman–Crippen LogP) is 4.98. The van der Waals surface area contributed by atoms with Crippen LogP contribution in [0.1, 0.15) is 41.1 Å². The first-order valence-corrected chi connectivity index (χ1v) is 10.7. The monoisotopic (exact) mass is 415 g/mol. The molecule has 1 aromatic carbocycles. The van der Waals surface area contributed by atoms with E-state index in [1.54, 1.807) is 18.4 Å². The molecule has 0 spiro atoms. The maximum Gasteiger partial charge on any atom is 0.139 e. The average molecular weight is 416 g/mol. The lowest BCUT2D eigenvalue weighted by Gasteiger charge is -2.14. The summed E-state index contributed by atoms with van der Waals surface area (Å²) >= 11 is 8.03. The highest BCUT2D eigenvalue weighted by Crippen LogP contribution is 2.39. The highest BCUT2D eigenvalue weighted by Gasteiger charge is 2.21. The number of benzene rings is 1. The van der Waals surface area contributed by atoms with Gasteiger partial charge >= 0.3 is 0 Å². The first-order chi connectivity index (χ1) is 13.7. The number of anilines is 1. The van der Waals surface area contributed by atoms with Crippen molar-refractivity contribution in [1.29, 1.82) is 0 Å². The molecular weight excluding hydrogens is 394 g/mol. The number of fused-ring (bicyclic) bond motifs is 3. The number of hydrogen-bond acceptors (Lipinski definition) is 6. The van der Waals surface area contributed by atoms with Crippen LogP contribution in [0.3, 0.4) is 0 Å². The molecule has 28 heavy (non-hydrogen) atoms. The minimum atomic E-state index is 0.435. The van der Waals surface area contributed by atoms with Gasteiger partial charge in [-0.1, -0.05) is 17.7 Å². The lowest BCUT2D eigenvalue weighted by molar-refractivity contribution is -0.107. The topological polar surface area (TPSA) is 64.1 Å². The minimum Gasteiger partial charge on any atom is -0.495 e. The van der Waals surface area contributed by atoms with Crippen LogP contribution in [-0.2, 0) is 30.6 Å². The van der Waals surface area contributed by atoms with Crippen LogP contribution < -0.4 is 10.1 Å². The van der Waals surface area contributed by atoms with Crippen LogP contribution in [-0.4, -0.2) is 23.4 Å². The van der Waals surface area contributed by atoms with E-state index in [0.717, 1.165) is 40.7 Å². The zero-order valence-corrected chi connectivity index (χ0v) is 17.3. The number of carbonyl (C=O) groups is 1. The van der Waals surface area contributed by atoms with Crippen molar-refractivity contribution < 1.29 is 9.53 Å². The van der Waals surface area contributed by atoms with Gasteiger partial charge in [0, 0.05) is 24.3 Å². The molecule has 0 amide bonds. The first-order valence-electron chi connectivity index (χ1n) is 9.50. The summed E-state index contributed by atoms with van der Waals surface area (Å²) in [7, 11) is 1.61. The quantitative estimate of drug-likeness (QED) is 0.551. The molecule has 0 radical (unpaired) electrons. The van der Waals surface area contributed by atoms with Crippen LogP contribution in [0.2, 0.25) is 5.02 Å². The van der Waals surface area contributed by atoms with E-state index < -0.39 is 0 Å². The van der Waals surface area contributed by atoms with E-state index in [2.05, 4.69) is 5.32 Å². The van der Waals surface area contributed by atoms with Crippen molar-refractivity contribution in [2.24, 2.45) is 0 Å². The number of aryl methyl sites for hydroxylation is 3. The van der Waals surface area contributed by atoms with Gasteiger partial charge in [0.1, 0.15) is 28.5 Å². The van der Waals surface area contributed by atoms with Crippen LogP contribution in [0.15, 0.2) is 18.2 Å². The van der Waals surface area contributed by atoms with E-state index in [9.17, 15) is 4.79 Å². The molecule has 0 bridgehead atoms. The normalized spacial score (nSPS) is 13.4. The number of nitrogens with zero attached hydrogens (tertiary/aromatic N) is 2. The lowest BCUT2D eigenvalue weighted by Crippen LogP contribution is -2.07. The standard InChI is InChI=1S/C21H22ClN3O2S/c1-27-16-9-8-13(11-15(16)22)12-23-20-19-14-5-2-3-6-17(14)28-21(19)25-18(24-20)7-4-10-26/h8-11H,2-7,12H2,1H3,(H,23,24,25). The van der Waals surface area contributed by atoms with E-state index in [0.29, 0.717) is 36.0 Å². The summed E-state index contributed by atoms with van der Waals surface area (Å²) in [6.45, 7) is 0.605. The van der Waals surface area contributed by atoms with E-state index in [-0.39, 0.29) is 0 Å². The van der Waals surface area contributed by atoms with E-state index in [4.69, 9.17) is 26.3 Å². The minimum absolute atomic E-state index is 0.435. The third-order valence-electron chi connectivity index (χ3n) is 5.02. The highest BCUT2D eigenvalue weighted by atomic mass is 35.5. The van der Waals surface area contributed by atoms with Crippen LogP contribution in [0, 0.1) is 0 Å². The maximum absolute atomic E-state index is 10.8. The zero-order valence-electron chi connectivity index (χ0n) is 15.8. The SMILES string of the molecule is COc1ccc(CNc2nc(CCC=O)nc3sc4c(c23)CCCC4)cc1Cl. The molecule has 1 N–H and O–H groups in total. The number of aromatic nitrogens is 2. The summed E-state index contributed by atoms with van der Waals surface area (Å²) in [4.78, 5) is 22.7. The third-order valence-corrected chi connectivity index (χ3v) is 6.50. The molecule has 0 saturated heterocycles. The number of carbonyl (C=O) groups excluding carboxylic acids is 1. The fourth-order valence-electron chi connectivity index (χ4n) is 3.63. The summed E-state index contributed by atoms with van der Waals surface area (Å²) in [5, 5.41) is 5.23. The van der Waals surface area contributed by atoms with Crippen LogP contribution in [0.5, 0.6) is 5.75 Å². The van der Waals surface area contributed by atoms with Crippen molar-refractivity contribution in [2.75, 3.05) is 12.4 Å². The largest absolute Gasteiger partial charge is 0.495 e. The van der Waals surface area contributed by atoms with E-state index in [1.165, 1.54) is 23.3 Å². The van der Waals surface area contributed by atoms with Gasteiger partial charge in [0.05, 0.1) is 17.5 Å². The van der Waals surface area contributed by atoms with Gasteiger partial charge in [0.25, 0.3) is 0 Å². The Morgan fingerprint density at radius 3 is 2.93 bits per heavy atom. The average Bonchev–Trinajstić information content (AvgIpc) is 3.09. The van der Waals surface area contributed by atoms with Crippen molar-refractivity contribution in [3.8, 4) is 5.75 Å². The smallest absolute Gasteiger partial charge is 0.139 e. The second-order valence-corrected chi connectivity index (χ2v) is 8.40. The Morgan fingerprint density at radius 1 is 1.29 bits per heavy atom. The number of methoxy groups -OCH3 is 1. The van der Waals surface area contributed by atoms with E-state index >= 15 is 0 Å². The Morgan fingerprint density at radius 2 is 2.14 bits per heavy atom. The molecule has 5 nitrogen and oxygen atoms in total. The fourth-order valence-corrected chi connectivity index (χ4v) is 5.20. The van der Waals surface area contributed by atoms with Gasteiger partial charge < -0.3 is 14.8 Å². The van der Waals surface area contributed by atoms with Gasteiger partial charge in [-0.3, -0.25) is 0 Å².